The molecule has 0 radical (unpaired) electrons. The Morgan fingerprint density at radius 1 is 1.00 bits per heavy atom. The van der Waals surface area contributed by atoms with Crippen LogP contribution in [0.4, 0.5) is 0 Å². The highest BCUT2D eigenvalue weighted by Crippen LogP contribution is 2.27. The molecule has 0 aromatic carbocycles. The van der Waals surface area contributed by atoms with Gasteiger partial charge in [0, 0.05) is 58.4 Å². The standard InChI is InChI=1S/C15H30N4O2S/c1-17(14-5-3-2-4-6-14)22(20,21)19-10-7-15(13-19)18-11-8-16-9-12-18/h14-16H,2-13H2,1H3. The number of piperazine rings is 1. The van der Waals surface area contributed by atoms with Gasteiger partial charge in [-0.2, -0.15) is 17.0 Å². The van der Waals surface area contributed by atoms with Crippen LogP contribution in [0.25, 0.3) is 0 Å². The molecule has 1 N–H and O–H groups in total. The normalized spacial score (nSPS) is 30.2. The van der Waals surface area contributed by atoms with Gasteiger partial charge >= 0.3 is 0 Å². The number of rotatable bonds is 4. The van der Waals surface area contributed by atoms with Crippen molar-refractivity contribution in [2.24, 2.45) is 0 Å². The molecule has 7 heteroatoms. The molecule has 0 aromatic rings. The van der Waals surface area contributed by atoms with Crippen molar-refractivity contribution in [1.29, 1.82) is 0 Å². The minimum atomic E-state index is -3.29. The SMILES string of the molecule is CN(C1CCCCC1)S(=O)(=O)N1CCC(N2CCNCC2)C1. The molecular formula is C15H30N4O2S. The molecule has 0 aromatic heterocycles. The Labute approximate surface area is 135 Å². The van der Waals surface area contributed by atoms with Gasteiger partial charge in [-0.05, 0) is 19.3 Å². The second-order valence-electron chi connectivity index (χ2n) is 6.90. The minimum Gasteiger partial charge on any atom is -0.314 e. The molecule has 3 fully saturated rings. The summed E-state index contributed by atoms with van der Waals surface area (Å²) in [6, 6.07) is 0.605. The molecule has 2 saturated heterocycles. The quantitative estimate of drug-likeness (QED) is 0.814. The third kappa shape index (κ3) is 3.48. The molecule has 1 unspecified atom stereocenters. The zero-order valence-corrected chi connectivity index (χ0v) is 14.5. The van der Waals surface area contributed by atoms with Crippen molar-refractivity contribution < 1.29 is 8.42 Å². The van der Waals surface area contributed by atoms with Gasteiger partial charge in [0.1, 0.15) is 0 Å². The van der Waals surface area contributed by atoms with E-state index < -0.39 is 10.2 Å². The minimum absolute atomic E-state index is 0.206. The van der Waals surface area contributed by atoms with Crippen molar-refractivity contribution in [3.05, 3.63) is 0 Å². The maximum atomic E-state index is 12.9. The summed E-state index contributed by atoms with van der Waals surface area (Å²) in [5.74, 6) is 0. The number of hydrogen-bond acceptors (Lipinski definition) is 4. The van der Waals surface area contributed by atoms with E-state index in [-0.39, 0.29) is 6.04 Å². The van der Waals surface area contributed by atoms with Gasteiger partial charge in [-0.3, -0.25) is 4.90 Å². The lowest BCUT2D eigenvalue weighted by molar-refractivity contribution is 0.178. The molecule has 128 valence electrons. The smallest absolute Gasteiger partial charge is 0.282 e. The fourth-order valence-corrected chi connectivity index (χ4v) is 5.73. The Bertz CT molecular complexity index is 458. The Morgan fingerprint density at radius 3 is 2.36 bits per heavy atom. The van der Waals surface area contributed by atoms with Crippen LogP contribution in [0.2, 0.25) is 0 Å². The predicted octanol–water partition coefficient (Wildman–Crippen LogP) is 0.475. The zero-order chi connectivity index (χ0) is 15.6. The van der Waals surface area contributed by atoms with E-state index in [4.69, 9.17) is 0 Å². The summed E-state index contributed by atoms with van der Waals surface area (Å²) < 4.78 is 29.1. The van der Waals surface area contributed by atoms with E-state index in [1.807, 2.05) is 0 Å². The van der Waals surface area contributed by atoms with Gasteiger partial charge in [0.05, 0.1) is 0 Å². The van der Waals surface area contributed by atoms with E-state index in [1.54, 1.807) is 15.7 Å². The first-order valence-electron chi connectivity index (χ1n) is 8.77. The van der Waals surface area contributed by atoms with E-state index in [2.05, 4.69) is 10.2 Å². The second kappa shape index (κ2) is 7.13. The lowest BCUT2D eigenvalue weighted by atomic mass is 9.96. The van der Waals surface area contributed by atoms with Crippen molar-refractivity contribution in [1.82, 2.24) is 18.8 Å². The van der Waals surface area contributed by atoms with Gasteiger partial charge in [-0.25, -0.2) is 0 Å². The summed E-state index contributed by atoms with van der Waals surface area (Å²) in [5.41, 5.74) is 0. The average Bonchev–Trinajstić information content (AvgIpc) is 3.06. The molecule has 3 rings (SSSR count). The van der Waals surface area contributed by atoms with Crippen molar-refractivity contribution in [3.8, 4) is 0 Å². The largest absolute Gasteiger partial charge is 0.314 e. The number of nitrogens with zero attached hydrogens (tertiary/aromatic N) is 3. The van der Waals surface area contributed by atoms with Crippen LogP contribution >= 0.6 is 0 Å². The first-order chi connectivity index (χ1) is 10.6. The molecule has 2 aliphatic heterocycles. The van der Waals surface area contributed by atoms with Crippen LogP contribution < -0.4 is 5.32 Å². The molecular weight excluding hydrogens is 300 g/mol. The third-order valence-electron chi connectivity index (χ3n) is 5.57. The maximum Gasteiger partial charge on any atom is 0.282 e. The Hall–Kier alpha value is -0.210. The first-order valence-corrected chi connectivity index (χ1v) is 10.2. The molecule has 0 spiro atoms. The highest BCUT2D eigenvalue weighted by Gasteiger charge is 2.38. The molecule has 0 bridgehead atoms. The van der Waals surface area contributed by atoms with E-state index in [1.165, 1.54) is 6.42 Å². The second-order valence-corrected chi connectivity index (χ2v) is 8.89. The maximum absolute atomic E-state index is 12.9. The fourth-order valence-electron chi connectivity index (χ4n) is 4.08. The topological polar surface area (TPSA) is 55.9 Å². The summed E-state index contributed by atoms with van der Waals surface area (Å²) in [7, 11) is -1.50. The summed E-state index contributed by atoms with van der Waals surface area (Å²) in [6.07, 6.45) is 6.58. The van der Waals surface area contributed by atoms with E-state index in [9.17, 15) is 8.42 Å². The third-order valence-corrected chi connectivity index (χ3v) is 7.58. The van der Waals surface area contributed by atoms with Crippen LogP contribution in [0.5, 0.6) is 0 Å². The summed E-state index contributed by atoms with van der Waals surface area (Å²) in [4.78, 5) is 2.45. The Kier molecular flexibility index (Phi) is 5.39. The summed E-state index contributed by atoms with van der Waals surface area (Å²) >= 11 is 0. The average molecular weight is 330 g/mol. The summed E-state index contributed by atoms with van der Waals surface area (Å²) in [6.45, 7) is 5.46. The molecule has 3 aliphatic rings. The van der Waals surface area contributed by atoms with Crippen molar-refractivity contribution >= 4 is 10.2 Å². The predicted molar refractivity (Wildman–Crippen MR) is 88.0 cm³/mol. The first kappa shape index (κ1) is 16.6. The monoisotopic (exact) mass is 330 g/mol. The molecule has 6 nitrogen and oxygen atoms in total. The molecule has 1 aliphatic carbocycles. The van der Waals surface area contributed by atoms with E-state index in [0.29, 0.717) is 19.1 Å². The summed E-state index contributed by atoms with van der Waals surface area (Å²) in [5, 5.41) is 3.36. The van der Waals surface area contributed by atoms with Crippen LogP contribution in [-0.2, 0) is 10.2 Å². The molecule has 0 amide bonds. The molecule has 1 saturated carbocycles. The lowest BCUT2D eigenvalue weighted by Crippen LogP contribution is -2.50. The lowest BCUT2D eigenvalue weighted by Gasteiger charge is -2.34. The van der Waals surface area contributed by atoms with Crippen molar-refractivity contribution in [2.75, 3.05) is 46.3 Å². The molecule has 2 heterocycles. The molecule has 22 heavy (non-hydrogen) atoms. The van der Waals surface area contributed by atoms with Gasteiger partial charge in [-0.15, -0.1) is 0 Å². The Balaban J connectivity index is 1.60. The van der Waals surface area contributed by atoms with Crippen LogP contribution in [-0.4, -0.2) is 80.3 Å². The van der Waals surface area contributed by atoms with E-state index in [0.717, 1.165) is 58.3 Å². The van der Waals surface area contributed by atoms with Crippen LogP contribution in [0.15, 0.2) is 0 Å². The zero-order valence-electron chi connectivity index (χ0n) is 13.7. The van der Waals surface area contributed by atoms with Crippen LogP contribution in [0.3, 0.4) is 0 Å². The van der Waals surface area contributed by atoms with Gasteiger partial charge in [0.25, 0.3) is 10.2 Å². The van der Waals surface area contributed by atoms with Gasteiger partial charge in [0.15, 0.2) is 0 Å². The number of nitrogens with one attached hydrogen (secondary N) is 1. The Morgan fingerprint density at radius 2 is 1.68 bits per heavy atom. The van der Waals surface area contributed by atoms with Crippen LogP contribution in [0, 0.1) is 0 Å². The van der Waals surface area contributed by atoms with Gasteiger partial charge < -0.3 is 5.32 Å². The van der Waals surface area contributed by atoms with Gasteiger partial charge in [0.2, 0.25) is 0 Å². The van der Waals surface area contributed by atoms with E-state index >= 15 is 0 Å². The molecule has 1 atom stereocenters. The van der Waals surface area contributed by atoms with Crippen molar-refractivity contribution in [2.45, 2.75) is 50.6 Å². The number of hydrogen-bond donors (Lipinski definition) is 1. The van der Waals surface area contributed by atoms with Crippen LogP contribution in [0.1, 0.15) is 38.5 Å². The van der Waals surface area contributed by atoms with Crippen molar-refractivity contribution in [3.63, 3.8) is 0 Å². The highest BCUT2D eigenvalue weighted by atomic mass is 32.2. The van der Waals surface area contributed by atoms with Gasteiger partial charge in [-0.1, -0.05) is 19.3 Å². The fraction of sp³-hybridized carbons (Fsp3) is 1.00. The highest BCUT2D eigenvalue weighted by molar-refractivity contribution is 7.86.